The Kier molecular flexibility index (Phi) is 7.89. The molecule has 0 amide bonds. The van der Waals surface area contributed by atoms with Gasteiger partial charge in [-0.05, 0) is 43.7 Å². The maximum Gasteiger partial charge on any atom is 0.490 e. The maximum absolute atomic E-state index is 11.6. The van der Waals surface area contributed by atoms with Crippen molar-refractivity contribution in [2.45, 2.75) is 51.7 Å². The van der Waals surface area contributed by atoms with Crippen LogP contribution in [-0.2, 0) is 22.4 Å². The molecule has 2 aromatic heterocycles. The summed E-state index contributed by atoms with van der Waals surface area (Å²) < 4.78 is 31.7. The van der Waals surface area contributed by atoms with Gasteiger partial charge in [-0.15, -0.1) is 0 Å². The number of hydrogen-bond acceptors (Lipinski definition) is 6. The van der Waals surface area contributed by atoms with Gasteiger partial charge >= 0.3 is 18.1 Å². The summed E-state index contributed by atoms with van der Waals surface area (Å²) in [5, 5.41) is 19.8. The van der Waals surface area contributed by atoms with Crippen molar-refractivity contribution >= 4 is 17.8 Å². The van der Waals surface area contributed by atoms with Crippen LogP contribution in [0.5, 0.6) is 0 Å². The van der Waals surface area contributed by atoms with Gasteiger partial charge in [-0.25, -0.2) is 19.6 Å². The van der Waals surface area contributed by atoms with Crippen LogP contribution in [0.2, 0.25) is 0 Å². The highest BCUT2D eigenvalue weighted by atomic mass is 19.4. The first-order chi connectivity index (χ1) is 14.5. The third kappa shape index (κ3) is 6.90. The van der Waals surface area contributed by atoms with E-state index in [2.05, 4.69) is 20.3 Å². The molecule has 3 N–H and O–H groups in total. The molecule has 0 saturated carbocycles. The molecule has 3 rings (SSSR count). The van der Waals surface area contributed by atoms with Crippen molar-refractivity contribution in [3.05, 3.63) is 35.8 Å². The summed E-state index contributed by atoms with van der Waals surface area (Å²) in [5.74, 6) is -2.07. The van der Waals surface area contributed by atoms with Gasteiger partial charge in [0.25, 0.3) is 0 Å². The minimum absolute atomic E-state index is 0.284. The van der Waals surface area contributed by atoms with E-state index >= 15 is 0 Å². The topological polar surface area (TPSA) is 125 Å². The first kappa shape index (κ1) is 24.0. The van der Waals surface area contributed by atoms with E-state index in [1.54, 1.807) is 12.4 Å². The van der Waals surface area contributed by atoms with Gasteiger partial charge in [0, 0.05) is 29.2 Å². The second kappa shape index (κ2) is 10.2. The number of carboxylic acids is 2. The molecule has 2 aromatic rings. The van der Waals surface area contributed by atoms with Crippen molar-refractivity contribution in [1.29, 1.82) is 0 Å². The molecule has 2 heterocycles. The summed E-state index contributed by atoms with van der Waals surface area (Å²) in [6, 6.07) is 3.11. The second-order valence-electron chi connectivity index (χ2n) is 7.38. The smallest absolute Gasteiger partial charge is 0.480 e. The lowest BCUT2D eigenvalue weighted by Crippen LogP contribution is -2.31. The van der Waals surface area contributed by atoms with Crippen LogP contribution >= 0.6 is 0 Å². The number of nitrogens with one attached hydrogen (secondary N) is 1. The lowest BCUT2D eigenvalue weighted by molar-refractivity contribution is -0.192. The standard InChI is InChI=1S/C18H22N4O2.C2HF3O2/c1-11(2)9-15(18(23)24)21-17-13-6-3-7-14(13)20-16(22-17)12-5-4-8-19-10-12;3-2(4,5)1(6)7/h4-5,8,10-11,15H,3,6-7,9H2,1-2H3,(H,23,24)(H,20,21,22);(H,6,7). The molecule has 1 aliphatic rings. The van der Waals surface area contributed by atoms with Crippen LogP contribution in [-0.4, -0.2) is 49.3 Å². The number of aromatic nitrogens is 3. The Morgan fingerprint density at radius 1 is 1.19 bits per heavy atom. The molecule has 0 aromatic carbocycles. The molecule has 0 fully saturated rings. The largest absolute Gasteiger partial charge is 0.490 e. The van der Waals surface area contributed by atoms with Crippen LogP contribution in [0.4, 0.5) is 19.0 Å². The van der Waals surface area contributed by atoms with Crippen LogP contribution in [0.1, 0.15) is 37.9 Å². The van der Waals surface area contributed by atoms with E-state index in [4.69, 9.17) is 9.90 Å². The fourth-order valence-corrected chi connectivity index (χ4v) is 3.03. The molecule has 8 nitrogen and oxygen atoms in total. The van der Waals surface area contributed by atoms with Gasteiger partial charge < -0.3 is 15.5 Å². The molecule has 1 unspecified atom stereocenters. The number of pyridine rings is 1. The summed E-state index contributed by atoms with van der Waals surface area (Å²) >= 11 is 0. The minimum atomic E-state index is -5.08. The SMILES string of the molecule is CC(C)CC(Nc1nc(-c2cccnc2)nc2c1CCC2)C(=O)O.O=C(O)C(F)(F)F. The predicted molar refractivity (Wildman–Crippen MR) is 105 cm³/mol. The van der Waals surface area contributed by atoms with Crippen LogP contribution in [0.15, 0.2) is 24.5 Å². The van der Waals surface area contributed by atoms with E-state index in [9.17, 15) is 23.1 Å². The average Bonchev–Trinajstić information content (AvgIpc) is 3.16. The first-order valence-corrected chi connectivity index (χ1v) is 9.58. The van der Waals surface area contributed by atoms with Gasteiger partial charge in [-0.1, -0.05) is 13.8 Å². The zero-order chi connectivity index (χ0) is 23.2. The van der Waals surface area contributed by atoms with E-state index in [1.165, 1.54) is 0 Å². The van der Waals surface area contributed by atoms with Crippen LogP contribution in [0.3, 0.4) is 0 Å². The predicted octanol–water partition coefficient (Wildman–Crippen LogP) is 3.57. The number of nitrogens with zero attached hydrogens (tertiary/aromatic N) is 3. The van der Waals surface area contributed by atoms with Crippen LogP contribution < -0.4 is 5.32 Å². The lowest BCUT2D eigenvalue weighted by Gasteiger charge is -2.19. The number of aryl methyl sites for hydroxylation is 1. The lowest BCUT2D eigenvalue weighted by atomic mass is 10.0. The van der Waals surface area contributed by atoms with Crippen molar-refractivity contribution in [2.24, 2.45) is 5.92 Å². The fourth-order valence-electron chi connectivity index (χ4n) is 3.03. The Morgan fingerprint density at radius 3 is 2.39 bits per heavy atom. The highest BCUT2D eigenvalue weighted by Crippen LogP contribution is 2.30. The zero-order valence-corrected chi connectivity index (χ0v) is 17.0. The van der Waals surface area contributed by atoms with E-state index in [-0.39, 0.29) is 5.92 Å². The highest BCUT2D eigenvalue weighted by molar-refractivity contribution is 5.77. The molecule has 168 valence electrons. The Bertz CT molecular complexity index is 921. The van der Waals surface area contributed by atoms with Crippen molar-refractivity contribution < 1.29 is 33.0 Å². The third-order valence-electron chi connectivity index (χ3n) is 4.41. The van der Waals surface area contributed by atoms with Crippen LogP contribution in [0.25, 0.3) is 11.4 Å². The molecular weight excluding hydrogens is 417 g/mol. The number of anilines is 1. The molecule has 11 heteroatoms. The maximum atomic E-state index is 11.6. The third-order valence-corrected chi connectivity index (χ3v) is 4.41. The van der Waals surface area contributed by atoms with Gasteiger partial charge in [-0.3, -0.25) is 4.98 Å². The van der Waals surface area contributed by atoms with Crippen molar-refractivity contribution in [3.63, 3.8) is 0 Å². The van der Waals surface area contributed by atoms with Crippen molar-refractivity contribution in [1.82, 2.24) is 15.0 Å². The Labute approximate surface area is 176 Å². The average molecular weight is 440 g/mol. The second-order valence-corrected chi connectivity index (χ2v) is 7.38. The molecular formula is C20H23F3N4O4. The first-order valence-electron chi connectivity index (χ1n) is 9.58. The number of carboxylic acid groups (broad SMARTS) is 2. The highest BCUT2D eigenvalue weighted by Gasteiger charge is 2.38. The summed E-state index contributed by atoms with van der Waals surface area (Å²) in [5.41, 5.74) is 2.91. The van der Waals surface area contributed by atoms with Gasteiger partial charge in [0.1, 0.15) is 11.9 Å². The van der Waals surface area contributed by atoms with Gasteiger partial charge in [0.2, 0.25) is 0 Å². The van der Waals surface area contributed by atoms with E-state index < -0.39 is 24.2 Å². The van der Waals surface area contributed by atoms with Gasteiger partial charge in [0.15, 0.2) is 5.82 Å². The fraction of sp³-hybridized carbons (Fsp3) is 0.450. The number of carbonyl (C=O) groups is 2. The number of fused-ring (bicyclic) bond motifs is 1. The van der Waals surface area contributed by atoms with E-state index in [0.29, 0.717) is 18.1 Å². The minimum Gasteiger partial charge on any atom is -0.480 e. The van der Waals surface area contributed by atoms with Crippen molar-refractivity contribution in [3.8, 4) is 11.4 Å². The summed E-state index contributed by atoms with van der Waals surface area (Å²) in [6.45, 7) is 4.03. The monoisotopic (exact) mass is 440 g/mol. The number of halogens is 3. The number of rotatable bonds is 6. The summed E-state index contributed by atoms with van der Waals surface area (Å²) in [6.07, 6.45) is 1.72. The summed E-state index contributed by atoms with van der Waals surface area (Å²) in [7, 11) is 0. The molecule has 0 spiro atoms. The molecule has 31 heavy (non-hydrogen) atoms. The van der Waals surface area contributed by atoms with E-state index in [0.717, 1.165) is 36.1 Å². The van der Waals surface area contributed by atoms with Gasteiger partial charge in [0.05, 0.1) is 0 Å². The molecule has 0 aliphatic heterocycles. The van der Waals surface area contributed by atoms with E-state index in [1.807, 2.05) is 26.0 Å². The van der Waals surface area contributed by atoms with Crippen LogP contribution in [0, 0.1) is 5.92 Å². The normalized spacial score (nSPS) is 13.7. The quantitative estimate of drug-likeness (QED) is 0.623. The number of alkyl halides is 3. The Morgan fingerprint density at radius 2 is 1.87 bits per heavy atom. The molecule has 0 radical (unpaired) electrons. The Balaban J connectivity index is 0.000000423. The Hall–Kier alpha value is -3.24. The number of hydrogen-bond donors (Lipinski definition) is 3. The molecule has 1 aliphatic carbocycles. The number of aliphatic carboxylic acids is 2. The summed E-state index contributed by atoms with van der Waals surface area (Å²) in [4.78, 5) is 33.9. The molecule has 1 atom stereocenters. The molecule has 0 bridgehead atoms. The zero-order valence-electron chi connectivity index (χ0n) is 17.0. The van der Waals surface area contributed by atoms with Crippen molar-refractivity contribution in [2.75, 3.05) is 5.32 Å². The molecule has 0 saturated heterocycles. The van der Waals surface area contributed by atoms with Gasteiger partial charge in [-0.2, -0.15) is 13.2 Å².